The molecular weight excluding hydrogens is 801 g/mol. The number of urea groups is 1. The number of likely N-dealkylation sites (tertiary alicyclic amines) is 1. The number of likely N-dealkylation sites (N-methyl/N-ethyl adjacent to an activating group) is 1. The van der Waals surface area contributed by atoms with Crippen LogP contribution in [-0.4, -0.2) is 146 Å². The van der Waals surface area contributed by atoms with Gasteiger partial charge in [0.2, 0.25) is 23.6 Å². The summed E-state index contributed by atoms with van der Waals surface area (Å²) in [6.45, 7) is 10.5. The van der Waals surface area contributed by atoms with Gasteiger partial charge in [0, 0.05) is 54.3 Å². The zero-order valence-electron chi connectivity index (χ0n) is 36.9. The molecule has 0 aromatic heterocycles. The molecule has 19 nitrogen and oxygen atoms in total. The first-order valence-corrected chi connectivity index (χ1v) is 21.9. The summed E-state index contributed by atoms with van der Waals surface area (Å²) in [7, 11) is 3.35. The average Bonchev–Trinajstić information content (AvgIpc) is 3.69. The molecule has 0 unspecified atom stereocenters. The number of nitrogens with one attached hydrogen (secondary N) is 5. The van der Waals surface area contributed by atoms with Gasteiger partial charge in [0.1, 0.15) is 0 Å². The van der Waals surface area contributed by atoms with Gasteiger partial charge in [-0.15, -0.1) is 0 Å². The number of ether oxygens (including phenoxy) is 4. The van der Waals surface area contributed by atoms with Crippen LogP contribution < -0.4 is 31.7 Å². The molecule has 1 heterocycles. The van der Waals surface area contributed by atoms with Crippen molar-refractivity contribution in [2.45, 2.75) is 114 Å². The molecule has 0 radical (unpaired) electrons. The Hall–Kier alpha value is -3.92. The summed E-state index contributed by atoms with van der Waals surface area (Å²) in [6.07, 6.45) is 1.19. The number of hydrogen-bond donors (Lipinski definition) is 6. The summed E-state index contributed by atoms with van der Waals surface area (Å²) in [4.78, 5) is 68.6. The first-order valence-electron chi connectivity index (χ1n) is 20.5. The Bertz CT molecular complexity index is 1630. The molecule has 0 bridgehead atoms. The van der Waals surface area contributed by atoms with Crippen LogP contribution in [0.1, 0.15) is 73.1 Å². The highest BCUT2D eigenvalue weighted by atomic mass is 32.2. The van der Waals surface area contributed by atoms with Crippen molar-refractivity contribution in [3.8, 4) is 0 Å². The van der Waals surface area contributed by atoms with Gasteiger partial charge in [0.05, 0.1) is 67.1 Å². The van der Waals surface area contributed by atoms with E-state index in [9.17, 15) is 32.4 Å². The number of carbonyl (C=O) groups is 5. The Morgan fingerprint density at radius 3 is 2.12 bits per heavy atom. The number of methoxy groups -OCH3 is 4. The molecule has 342 valence electrons. The van der Waals surface area contributed by atoms with Gasteiger partial charge in [-0.05, 0) is 61.8 Å². The Kier molecular flexibility index (Phi) is 22.4. The fourth-order valence-corrected chi connectivity index (χ4v) is 8.63. The number of nitrogens with zero attached hydrogens (tertiary/aromatic N) is 2. The van der Waals surface area contributed by atoms with Crippen LogP contribution >= 0.6 is 0 Å². The zero-order chi connectivity index (χ0) is 45.2. The van der Waals surface area contributed by atoms with Crippen LogP contribution in [0.3, 0.4) is 0 Å². The highest BCUT2D eigenvalue weighted by molar-refractivity contribution is 7.90. The quantitative estimate of drug-likeness (QED) is 0.0544. The number of amides is 6. The zero-order valence-corrected chi connectivity index (χ0v) is 37.8. The van der Waals surface area contributed by atoms with Gasteiger partial charge in [-0.3, -0.25) is 29.8 Å². The standard InChI is InChI=1S/C40H70N8O11S/c1-11-26(4)35(47(6)39(52)34(25(2)3)44-24-57-8)32(58-9)22-33(49)48-21-13-15-31(48)36(59-10)27(5)37(50)46-60(54,55)29-18-16-28(17-19-29)45-38(51)30(43-23-56-7)14-12-20-42-40(41)53/h16-19,25-27,30-32,34-36,43-44H,11-15,20-24H2,1-10H3,(H,45,51)(H,46,50)(H3,41,42,53)/t26-,27+,30-,31-,32+,34-,35-,36+/m0/s1. The van der Waals surface area contributed by atoms with Crippen LogP contribution in [0.25, 0.3) is 0 Å². The predicted molar refractivity (Wildman–Crippen MR) is 226 cm³/mol. The number of primary amides is 1. The summed E-state index contributed by atoms with van der Waals surface area (Å²) in [5.74, 6) is -2.62. The van der Waals surface area contributed by atoms with Crippen LogP contribution in [0, 0.1) is 17.8 Å². The second-order valence-corrected chi connectivity index (χ2v) is 17.2. The number of anilines is 1. The largest absolute Gasteiger partial charge is 0.379 e. The molecule has 1 aliphatic rings. The van der Waals surface area contributed by atoms with Gasteiger partial charge in [-0.2, -0.15) is 0 Å². The van der Waals surface area contributed by atoms with Crippen molar-refractivity contribution in [3.63, 3.8) is 0 Å². The topological polar surface area (TPSA) is 249 Å². The summed E-state index contributed by atoms with van der Waals surface area (Å²) in [5.41, 5.74) is 5.41. The molecule has 8 atom stereocenters. The smallest absolute Gasteiger partial charge is 0.312 e. The van der Waals surface area contributed by atoms with Crippen molar-refractivity contribution in [3.05, 3.63) is 24.3 Å². The Morgan fingerprint density at radius 1 is 0.933 bits per heavy atom. The second kappa shape index (κ2) is 25.8. The molecule has 0 spiro atoms. The lowest BCUT2D eigenvalue weighted by Crippen LogP contribution is -2.57. The summed E-state index contributed by atoms with van der Waals surface area (Å²) < 4.78 is 50.9. The molecule has 60 heavy (non-hydrogen) atoms. The Morgan fingerprint density at radius 2 is 1.57 bits per heavy atom. The van der Waals surface area contributed by atoms with Crippen molar-refractivity contribution in [1.82, 2.24) is 30.5 Å². The molecular formula is C40H70N8O11S. The maximum atomic E-state index is 14.1. The highest BCUT2D eigenvalue weighted by Gasteiger charge is 2.43. The first-order chi connectivity index (χ1) is 28.4. The number of rotatable bonds is 27. The SMILES string of the molecule is CC[C@H](C)[C@@H]([C@@H](CC(=O)N1CCC[C@H]1[C@H](OC)[C@@H](C)C(=O)NS(=O)(=O)c1ccc(NC(=O)[C@H](CCCNC(N)=O)NCOC)cc1)OC)N(C)C(=O)[C@@H](NCOC)C(C)C. The number of sulfonamides is 1. The third-order valence-corrected chi connectivity index (χ3v) is 12.4. The molecule has 0 aliphatic carbocycles. The van der Waals surface area contributed by atoms with E-state index >= 15 is 0 Å². The van der Waals surface area contributed by atoms with Gasteiger partial charge in [-0.1, -0.05) is 41.0 Å². The molecule has 1 aromatic rings. The normalized spacial score (nSPS) is 17.9. The lowest BCUT2D eigenvalue weighted by molar-refractivity contribution is -0.147. The van der Waals surface area contributed by atoms with Gasteiger partial charge in [-0.25, -0.2) is 17.9 Å². The van der Waals surface area contributed by atoms with Crippen molar-refractivity contribution in [2.24, 2.45) is 23.5 Å². The molecule has 1 aliphatic heterocycles. The van der Waals surface area contributed by atoms with Gasteiger partial charge in [0.25, 0.3) is 10.0 Å². The molecule has 1 saturated heterocycles. The molecule has 0 saturated carbocycles. The van der Waals surface area contributed by atoms with E-state index < -0.39 is 70.2 Å². The summed E-state index contributed by atoms with van der Waals surface area (Å²) in [5, 5.41) is 11.3. The van der Waals surface area contributed by atoms with Crippen molar-refractivity contribution in [2.75, 3.05) is 67.4 Å². The molecule has 1 aromatic carbocycles. The maximum absolute atomic E-state index is 14.1. The summed E-state index contributed by atoms with van der Waals surface area (Å²) >= 11 is 0. The van der Waals surface area contributed by atoms with E-state index in [1.54, 1.807) is 30.9 Å². The lowest BCUT2D eigenvalue weighted by Gasteiger charge is -2.40. The average molecular weight is 871 g/mol. The van der Waals surface area contributed by atoms with E-state index in [0.29, 0.717) is 37.9 Å². The minimum absolute atomic E-state index is 0.0149. The monoisotopic (exact) mass is 870 g/mol. The van der Waals surface area contributed by atoms with Crippen molar-refractivity contribution >= 4 is 45.4 Å². The van der Waals surface area contributed by atoms with Gasteiger partial charge >= 0.3 is 6.03 Å². The van der Waals surface area contributed by atoms with E-state index in [1.807, 2.05) is 27.7 Å². The lowest BCUT2D eigenvalue weighted by atomic mass is 9.89. The van der Waals surface area contributed by atoms with Crippen LogP contribution in [0.2, 0.25) is 0 Å². The third kappa shape index (κ3) is 15.2. The van der Waals surface area contributed by atoms with E-state index in [2.05, 4.69) is 26.0 Å². The van der Waals surface area contributed by atoms with E-state index in [0.717, 1.165) is 6.42 Å². The fourth-order valence-electron chi connectivity index (χ4n) is 7.57. The van der Waals surface area contributed by atoms with Gasteiger partial charge < -0.3 is 45.1 Å². The van der Waals surface area contributed by atoms with E-state index in [-0.39, 0.29) is 55.0 Å². The summed E-state index contributed by atoms with van der Waals surface area (Å²) in [6, 6.07) is 2.50. The molecule has 6 amide bonds. The number of hydrogen-bond acceptors (Lipinski definition) is 13. The van der Waals surface area contributed by atoms with Crippen LogP contribution in [-0.2, 0) is 48.1 Å². The Balaban J connectivity index is 2.17. The van der Waals surface area contributed by atoms with Crippen LogP contribution in [0.15, 0.2) is 29.2 Å². The van der Waals surface area contributed by atoms with Crippen LogP contribution in [0.4, 0.5) is 10.5 Å². The minimum Gasteiger partial charge on any atom is -0.379 e. The van der Waals surface area contributed by atoms with Crippen molar-refractivity contribution in [1.29, 1.82) is 0 Å². The number of nitrogens with two attached hydrogens (primary N) is 1. The molecule has 7 N–H and O–H groups in total. The Labute approximate surface area is 355 Å². The van der Waals surface area contributed by atoms with Crippen LogP contribution in [0.5, 0.6) is 0 Å². The third-order valence-electron chi connectivity index (χ3n) is 11.1. The fraction of sp³-hybridized carbons (Fsp3) is 0.725. The molecule has 20 heteroatoms. The van der Waals surface area contributed by atoms with E-state index in [4.69, 9.17) is 24.7 Å². The van der Waals surface area contributed by atoms with Crippen molar-refractivity contribution < 1.29 is 51.3 Å². The maximum Gasteiger partial charge on any atom is 0.312 e. The number of benzene rings is 1. The second-order valence-electron chi connectivity index (χ2n) is 15.6. The van der Waals surface area contributed by atoms with Gasteiger partial charge in [0.15, 0.2) is 0 Å². The minimum atomic E-state index is -4.35. The highest BCUT2D eigenvalue weighted by Crippen LogP contribution is 2.30. The number of carbonyl (C=O) groups excluding carboxylic acids is 5. The molecule has 1 fully saturated rings. The molecule has 2 rings (SSSR count). The predicted octanol–water partition coefficient (Wildman–Crippen LogP) is 1.58. The first kappa shape index (κ1) is 52.2. The van der Waals surface area contributed by atoms with E-state index in [1.165, 1.54) is 45.6 Å².